The maximum absolute atomic E-state index is 14.3. The van der Waals surface area contributed by atoms with Gasteiger partial charge < -0.3 is 32.9 Å². The molecule has 47 heavy (non-hydrogen) atoms. The topological polar surface area (TPSA) is 188 Å². The number of hydrogen-bond donors (Lipinski definition) is 1. The Labute approximate surface area is 274 Å². The van der Waals surface area contributed by atoms with E-state index in [0.29, 0.717) is 12.8 Å². The number of rotatable bonds is 19. The van der Waals surface area contributed by atoms with Crippen LogP contribution in [0, 0.1) is 11.8 Å². The normalized spacial score (nSPS) is 21.0. The van der Waals surface area contributed by atoms with E-state index in [1.165, 1.54) is 12.1 Å². The van der Waals surface area contributed by atoms with Crippen LogP contribution in [0.1, 0.15) is 67.7 Å². The average Bonchev–Trinajstić information content (AvgIpc) is 3.25. The molecule has 15 nitrogen and oxygen atoms in total. The largest absolute Gasteiger partial charge is 0.466 e. The molecule has 2 rings (SSSR count). The van der Waals surface area contributed by atoms with Crippen LogP contribution in [0.4, 0.5) is 0 Å². The summed E-state index contributed by atoms with van der Waals surface area (Å²) in [6.45, 7) is 10.6. The van der Waals surface area contributed by atoms with Crippen molar-refractivity contribution >= 4 is 37.6 Å². The molecule has 264 valence electrons. The van der Waals surface area contributed by atoms with Crippen molar-refractivity contribution in [3.63, 3.8) is 0 Å². The molecule has 1 fully saturated rings. The number of nitrogens with one attached hydrogen (secondary N) is 1. The highest BCUT2D eigenvalue weighted by atomic mass is 31.2. The van der Waals surface area contributed by atoms with Gasteiger partial charge in [-0.25, -0.2) is 4.57 Å². The van der Waals surface area contributed by atoms with Crippen LogP contribution in [0.3, 0.4) is 0 Å². The second-order valence-electron chi connectivity index (χ2n) is 11.6. The highest BCUT2D eigenvalue weighted by Gasteiger charge is 2.52. The van der Waals surface area contributed by atoms with Crippen molar-refractivity contribution in [3.05, 3.63) is 30.3 Å². The van der Waals surface area contributed by atoms with Crippen LogP contribution in [0.5, 0.6) is 5.75 Å². The van der Waals surface area contributed by atoms with E-state index in [4.69, 9.17) is 37.5 Å². The predicted octanol–water partition coefficient (Wildman–Crippen LogP) is 3.87. The summed E-state index contributed by atoms with van der Waals surface area (Å²) in [5, 5.41) is 2.52. The third-order valence-electron chi connectivity index (χ3n) is 6.40. The SMILES string of the molecule is CC(=O)OC1O[C@H](COP(=O)(N[C@@H](CC(=O)OCCC(C)C)C(=O)OCCC(C)C)Oc2ccccc2)[C@@H](OC(C)=O)[C@H]1OC(C)=O. The summed E-state index contributed by atoms with van der Waals surface area (Å²) in [5.74, 6) is -3.44. The minimum absolute atomic E-state index is 0.0385. The zero-order valence-electron chi connectivity index (χ0n) is 27.8. The van der Waals surface area contributed by atoms with E-state index in [1.54, 1.807) is 18.2 Å². The van der Waals surface area contributed by atoms with Gasteiger partial charge in [-0.05, 0) is 36.8 Å². The van der Waals surface area contributed by atoms with Crippen molar-refractivity contribution in [2.45, 2.75) is 98.4 Å². The highest BCUT2D eigenvalue weighted by molar-refractivity contribution is 7.52. The van der Waals surface area contributed by atoms with Crippen molar-refractivity contribution in [1.82, 2.24) is 5.09 Å². The second kappa shape index (κ2) is 19.3. The number of para-hydroxylation sites is 1. The molecule has 1 aliphatic heterocycles. The molecule has 1 N–H and O–H groups in total. The lowest BCUT2D eigenvalue weighted by Gasteiger charge is -2.26. The molecule has 16 heteroatoms. The Morgan fingerprint density at radius 1 is 0.809 bits per heavy atom. The van der Waals surface area contributed by atoms with Crippen LogP contribution in [0.2, 0.25) is 0 Å². The molecule has 1 aromatic carbocycles. The van der Waals surface area contributed by atoms with Crippen LogP contribution in [0.25, 0.3) is 0 Å². The van der Waals surface area contributed by atoms with Crippen molar-refractivity contribution < 1.29 is 66.0 Å². The zero-order valence-corrected chi connectivity index (χ0v) is 28.7. The van der Waals surface area contributed by atoms with E-state index >= 15 is 0 Å². The van der Waals surface area contributed by atoms with Crippen LogP contribution in [-0.2, 0) is 61.5 Å². The maximum Gasteiger partial charge on any atom is 0.459 e. The molecule has 0 radical (unpaired) electrons. The summed E-state index contributed by atoms with van der Waals surface area (Å²) >= 11 is 0. The zero-order chi connectivity index (χ0) is 35.1. The fourth-order valence-electron chi connectivity index (χ4n) is 4.12. The predicted molar refractivity (Wildman–Crippen MR) is 165 cm³/mol. The minimum Gasteiger partial charge on any atom is -0.466 e. The molecule has 0 spiro atoms. The molecule has 0 amide bonds. The van der Waals surface area contributed by atoms with Gasteiger partial charge in [0.05, 0.1) is 26.2 Å². The van der Waals surface area contributed by atoms with Gasteiger partial charge in [0.15, 0.2) is 6.10 Å². The van der Waals surface area contributed by atoms with Crippen LogP contribution in [-0.4, -0.2) is 80.3 Å². The quantitative estimate of drug-likeness (QED) is 0.125. The summed E-state index contributed by atoms with van der Waals surface area (Å²) in [6.07, 6.45) is -4.99. The van der Waals surface area contributed by atoms with Crippen LogP contribution >= 0.6 is 7.75 Å². The highest BCUT2D eigenvalue weighted by Crippen LogP contribution is 2.46. The van der Waals surface area contributed by atoms with Gasteiger partial charge in [-0.15, -0.1) is 0 Å². The van der Waals surface area contributed by atoms with Crippen LogP contribution in [0.15, 0.2) is 30.3 Å². The lowest BCUT2D eigenvalue weighted by Crippen LogP contribution is -2.43. The molecular weight excluding hydrogens is 641 g/mol. The van der Waals surface area contributed by atoms with Gasteiger partial charge in [0.1, 0.15) is 17.9 Å². The van der Waals surface area contributed by atoms with E-state index in [2.05, 4.69) is 5.09 Å². The Balaban J connectivity index is 2.38. The third kappa shape index (κ3) is 14.8. The third-order valence-corrected chi connectivity index (χ3v) is 7.97. The molecule has 0 saturated carbocycles. The Morgan fingerprint density at radius 2 is 1.36 bits per heavy atom. The second-order valence-corrected chi connectivity index (χ2v) is 13.3. The van der Waals surface area contributed by atoms with E-state index in [1.807, 2.05) is 27.7 Å². The summed E-state index contributed by atoms with van der Waals surface area (Å²) in [6, 6.07) is 6.33. The molecule has 1 saturated heterocycles. The first-order chi connectivity index (χ1) is 22.1. The molecular formula is C31H46NO14P. The Hall–Kier alpha value is -3.52. The Kier molecular flexibility index (Phi) is 16.3. The lowest BCUT2D eigenvalue weighted by atomic mass is 10.1. The Bertz CT molecular complexity index is 1240. The summed E-state index contributed by atoms with van der Waals surface area (Å²) in [4.78, 5) is 61.4. The van der Waals surface area contributed by atoms with Crippen LogP contribution < -0.4 is 9.61 Å². The van der Waals surface area contributed by atoms with Gasteiger partial charge in [0.25, 0.3) is 0 Å². The summed E-state index contributed by atoms with van der Waals surface area (Å²) < 4.78 is 57.8. The Morgan fingerprint density at radius 3 is 1.91 bits per heavy atom. The van der Waals surface area contributed by atoms with Gasteiger partial charge in [-0.1, -0.05) is 45.9 Å². The first-order valence-corrected chi connectivity index (χ1v) is 16.9. The van der Waals surface area contributed by atoms with Gasteiger partial charge in [0, 0.05) is 20.8 Å². The van der Waals surface area contributed by atoms with E-state index < -0.39 is 81.3 Å². The van der Waals surface area contributed by atoms with Gasteiger partial charge >= 0.3 is 37.6 Å². The van der Waals surface area contributed by atoms with E-state index in [0.717, 1.165) is 20.8 Å². The van der Waals surface area contributed by atoms with Gasteiger partial charge in [0.2, 0.25) is 12.4 Å². The first-order valence-electron chi connectivity index (χ1n) is 15.3. The van der Waals surface area contributed by atoms with E-state index in [9.17, 15) is 28.5 Å². The van der Waals surface area contributed by atoms with Crippen molar-refractivity contribution in [2.24, 2.45) is 11.8 Å². The first kappa shape index (κ1) is 39.7. The molecule has 6 atom stereocenters. The molecule has 0 bridgehead atoms. The van der Waals surface area contributed by atoms with Gasteiger partial charge in [-0.2, -0.15) is 5.09 Å². The summed E-state index contributed by atoms with van der Waals surface area (Å²) in [5.41, 5.74) is 0. The minimum atomic E-state index is -4.60. The molecule has 1 aliphatic rings. The van der Waals surface area contributed by atoms with Crippen molar-refractivity contribution in [3.8, 4) is 5.75 Å². The molecule has 0 aromatic heterocycles. The molecule has 0 aliphatic carbocycles. The monoisotopic (exact) mass is 687 g/mol. The number of ether oxygens (including phenoxy) is 6. The lowest BCUT2D eigenvalue weighted by molar-refractivity contribution is -0.196. The molecule has 2 unspecified atom stereocenters. The molecule has 1 heterocycles. The fraction of sp³-hybridized carbons (Fsp3) is 0.645. The summed E-state index contributed by atoms with van der Waals surface area (Å²) in [7, 11) is -4.60. The van der Waals surface area contributed by atoms with Gasteiger partial charge in [-0.3, -0.25) is 28.5 Å². The number of benzene rings is 1. The molecule has 1 aromatic rings. The van der Waals surface area contributed by atoms with E-state index in [-0.39, 0.29) is 30.8 Å². The van der Waals surface area contributed by atoms with Crippen molar-refractivity contribution in [1.29, 1.82) is 0 Å². The standard InChI is InChI=1S/C31H46NO14P/c1-19(2)13-15-39-27(36)17-25(30(37)40-16-14-20(3)4)32-47(38,46-24-11-9-8-10-12-24)41-18-26-28(42-21(5)33)29(43-22(6)34)31(45-26)44-23(7)35/h8-12,19-20,25-26,28-29,31H,13-18H2,1-7H3,(H,32,38)/t25-,26+,28+,29+,31?,47?/m0/s1. The van der Waals surface area contributed by atoms with Crippen molar-refractivity contribution in [2.75, 3.05) is 19.8 Å². The number of esters is 5. The number of carbonyl (C=O) groups is 5. The average molecular weight is 688 g/mol. The smallest absolute Gasteiger partial charge is 0.459 e. The fourth-order valence-corrected chi connectivity index (χ4v) is 5.62. The number of carbonyl (C=O) groups excluding carboxylic acids is 5. The number of hydrogen-bond acceptors (Lipinski definition) is 14. The maximum atomic E-state index is 14.3.